The molecule has 2 heterocycles. The standard InChI is InChI=1S/C14H18F2N2O2/c1-9-7-18(8-10(2)14(9,15)16)12(13(19)20)11-4-3-5-17-6-11/h3-6,9-10,12H,7-8H2,1-2H3,(H,19,20). The molecule has 3 atom stereocenters. The molecule has 110 valence electrons. The number of hydrogen-bond acceptors (Lipinski definition) is 3. The highest BCUT2D eigenvalue weighted by molar-refractivity contribution is 5.75. The van der Waals surface area contributed by atoms with E-state index in [-0.39, 0.29) is 13.1 Å². The second-order valence-corrected chi connectivity index (χ2v) is 5.46. The third kappa shape index (κ3) is 2.65. The molecule has 0 spiro atoms. The number of piperidine rings is 1. The molecule has 1 aromatic rings. The molecular formula is C14H18F2N2O2. The minimum Gasteiger partial charge on any atom is -0.480 e. The predicted octanol–water partition coefficient (Wildman–Crippen LogP) is 2.43. The number of rotatable bonds is 3. The molecule has 0 bridgehead atoms. The second-order valence-electron chi connectivity index (χ2n) is 5.46. The van der Waals surface area contributed by atoms with Crippen molar-refractivity contribution in [2.75, 3.05) is 13.1 Å². The van der Waals surface area contributed by atoms with E-state index in [1.54, 1.807) is 23.2 Å². The van der Waals surface area contributed by atoms with Crippen molar-refractivity contribution in [3.8, 4) is 0 Å². The lowest BCUT2D eigenvalue weighted by atomic mass is 9.85. The molecule has 0 amide bonds. The number of halogens is 2. The summed E-state index contributed by atoms with van der Waals surface area (Å²) < 4.78 is 27.7. The summed E-state index contributed by atoms with van der Waals surface area (Å²) in [6.45, 7) is 3.04. The average Bonchev–Trinajstić information content (AvgIpc) is 2.37. The minimum absolute atomic E-state index is 0.0587. The molecule has 1 saturated heterocycles. The lowest BCUT2D eigenvalue weighted by molar-refractivity contribution is -0.162. The van der Waals surface area contributed by atoms with E-state index < -0.39 is 29.8 Å². The summed E-state index contributed by atoms with van der Waals surface area (Å²) in [5.41, 5.74) is 0.518. The number of carboxylic acid groups (broad SMARTS) is 1. The molecule has 3 unspecified atom stereocenters. The minimum atomic E-state index is -2.76. The Morgan fingerprint density at radius 3 is 2.50 bits per heavy atom. The van der Waals surface area contributed by atoms with Crippen molar-refractivity contribution in [1.82, 2.24) is 9.88 Å². The van der Waals surface area contributed by atoms with Gasteiger partial charge in [0.2, 0.25) is 0 Å². The second kappa shape index (κ2) is 5.44. The van der Waals surface area contributed by atoms with Gasteiger partial charge in [0.15, 0.2) is 0 Å². The van der Waals surface area contributed by atoms with Crippen LogP contribution in [0, 0.1) is 11.8 Å². The Morgan fingerprint density at radius 2 is 2.05 bits per heavy atom. The summed E-state index contributed by atoms with van der Waals surface area (Å²) in [6.07, 6.45) is 3.03. The Kier molecular flexibility index (Phi) is 4.04. The third-order valence-corrected chi connectivity index (χ3v) is 3.93. The summed E-state index contributed by atoms with van der Waals surface area (Å²) in [6, 6.07) is 2.38. The molecule has 4 nitrogen and oxygen atoms in total. The number of carboxylic acids is 1. The Hall–Kier alpha value is -1.56. The average molecular weight is 284 g/mol. The summed E-state index contributed by atoms with van der Waals surface area (Å²) in [7, 11) is 0. The van der Waals surface area contributed by atoms with Crippen molar-refractivity contribution in [2.45, 2.75) is 25.8 Å². The zero-order valence-electron chi connectivity index (χ0n) is 11.5. The molecule has 1 aliphatic heterocycles. The number of alkyl halides is 2. The number of aromatic nitrogens is 1. The molecule has 1 aromatic heterocycles. The van der Waals surface area contributed by atoms with E-state index in [0.29, 0.717) is 5.56 Å². The quantitative estimate of drug-likeness (QED) is 0.926. The largest absolute Gasteiger partial charge is 0.480 e. The van der Waals surface area contributed by atoms with Gasteiger partial charge in [0.25, 0.3) is 5.92 Å². The topological polar surface area (TPSA) is 53.4 Å². The van der Waals surface area contributed by atoms with E-state index in [1.807, 2.05) is 0 Å². The highest BCUT2D eigenvalue weighted by atomic mass is 19.3. The molecular weight excluding hydrogens is 266 g/mol. The molecule has 6 heteroatoms. The van der Waals surface area contributed by atoms with E-state index in [2.05, 4.69) is 4.98 Å². The van der Waals surface area contributed by atoms with Gasteiger partial charge in [-0.2, -0.15) is 0 Å². The third-order valence-electron chi connectivity index (χ3n) is 3.93. The monoisotopic (exact) mass is 284 g/mol. The van der Waals surface area contributed by atoms with Gasteiger partial charge in [-0.05, 0) is 11.6 Å². The molecule has 1 N–H and O–H groups in total. The van der Waals surface area contributed by atoms with Gasteiger partial charge >= 0.3 is 5.97 Å². The van der Waals surface area contributed by atoms with Gasteiger partial charge in [0, 0.05) is 37.3 Å². The van der Waals surface area contributed by atoms with Crippen LogP contribution in [-0.4, -0.2) is 40.0 Å². The van der Waals surface area contributed by atoms with E-state index >= 15 is 0 Å². The summed E-state index contributed by atoms with van der Waals surface area (Å²) in [4.78, 5) is 17.0. The zero-order chi connectivity index (χ0) is 14.9. The number of carbonyl (C=O) groups is 1. The number of pyridine rings is 1. The zero-order valence-corrected chi connectivity index (χ0v) is 11.5. The van der Waals surface area contributed by atoms with Crippen molar-refractivity contribution in [1.29, 1.82) is 0 Å². The van der Waals surface area contributed by atoms with E-state index in [4.69, 9.17) is 0 Å². The number of nitrogens with zero attached hydrogens (tertiary/aromatic N) is 2. The van der Waals surface area contributed by atoms with Crippen molar-refractivity contribution < 1.29 is 18.7 Å². The van der Waals surface area contributed by atoms with Crippen LogP contribution in [0.25, 0.3) is 0 Å². The highest BCUT2D eigenvalue weighted by Crippen LogP contribution is 2.40. The first kappa shape index (κ1) is 14.8. The van der Waals surface area contributed by atoms with Gasteiger partial charge in [0.1, 0.15) is 6.04 Å². The van der Waals surface area contributed by atoms with Crippen LogP contribution in [0.5, 0.6) is 0 Å². The van der Waals surface area contributed by atoms with Crippen molar-refractivity contribution in [3.05, 3.63) is 30.1 Å². The Morgan fingerprint density at radius 1 is 1.45 bits per heavy atom. The van der Waals surface area contributed by atoms with Gasteiger partial charge in [-0.15, -0.1) is 0 Å². The maximum Gasteiger partial charge on any atom is 0.325 e. The van der Waals surface area contributed by atoms with Crippen LogP contribution in [0.15, 0.2) is 24.5 Å². The lowest BCUT2D eigenvalue weighted by Crippen LogP contribution is -2.53. The fourth-order valence-corrected chi connectivity index (χ4v) is 2.77. The van der Waals surface area contributed by atoms with Crippen LogP contribution in [0.4, 0.5) is 8.78 Å². The van der Waals surface area contributed by atoms with Crippen molar-refractivity contribution in [3.63, 3.8) is 0 Å². The predicted molar refractivity (Wildman–Crippen MR) is 69.5 cm³/mol. The molecule has 0 aromatic carbocycles. The summed E-state index contributed by atoms with van der Waals surface area (Å²) in [5, 5.41) is 9.42. The number of aliphatic carboxylic acids is 1. The first-order valence-corrected chi connectivity index (χ1v) is 6.58. The van der Waals surface area contributed by atoms with E-state index in [1.165, 1.54) is 20.0 Å². The van der Waals surface area contributed by atoms with Gasteiger partial charge in [-0.1, -0.05) is 19.9 Å². The SMILES string of the molecule is CC1CN(C(C(=O)O)c2cccnc2)CC(C)C1(F)F. The smallest absolute Gasteiger partial charge is 0.325 e. The molecule has 2 rings (SSSR count). The van der Waals surface area contributed by atoms with Gasteiger partial charge in [-0.25, -0.2) is 8.78 Å². The highest BCUT2D eigenvalue weighted by Gasteiger charge is 2.49. The maximum absolute atomic E-state index is 13.8. The molecule has 1 aliphatic rings. The van der Waals surface area contributed by atoms with Crippen LogP contribution in [-0.2, 0) is 4.79 Å². The Labute approximate surface area is 116 Å². The van der Waals surface area contributed by atoms with Gasteiger partial charge in [0.05, 0.1) is 0 Å². The normalized spacial score (nSPS) is 28.0. The van der Waals surface area contributed by atoms with Crippen LogP contribution in [0.1, 0.15) is 25.5 Å². The maximum atomic E-state index is 13.8. The molecule has 0 radical (unpaired) electrons. The van der Waals surface area contributed by atoms with E-state index in [9.17, 15) is 18.7 Å². The fraction of sp³-hybridized carbons (Fsp3) is 0.571. The van der Waals surface area contributed by atoms with Crippen LogP contribution in [0.3, 0.4) is 0 Å². The van der Waals surface area contributed by atoms with Crippen LogP contribution in [0.2, 0.25) is 0 Å². The number of likely N-dealkylation sites (tertiary alicyclic amines) is 1. The summed E-state index contributed by atoms with van der Waals surface area (Å²) >= 11 is 0. The fourth-order valence-electron chi connectivity index (χ4n) is 2.77. The van der Waals surface area contributed by atoms with Gasteiger partial charge < -0.3 is 5.11 Å². The van der Waals surface area contributed by atoms with E-state index in [0.717, 1.165) is 0 Å². The first-order chi connectivity index (χ1) is 9.34. The summed E-state index contributed by atoms with van der Waals surface area (Å²) in [5.74, 6) is -5.54. The Balaban J connectivity index is 2.26. The molecule has 0 aliphatic carbocycles. The lowest BCUT2D eigenvalue weighted by Gasteiger charge is -2.43. The molecule has 1 fully saturated rings. The van der Waals surface area contributed by atoms with Crippen molar-refractivity contribution >= 4 is 5.97 Å². The van der Waals surface area contributed by atoms with Gasteiger partial charge in [-0.3, -0.25) is 14.7 Å². The number of hydrogen-bond donors (Lipinski definition) is 1. The molecule has 20 heavy (non-hydrogen) atoms. The Bertz CT molecular complexity index is 467. The van der Waals surface area contributed by atoms with Crippen molar-refractivity contribution in [2.24, 2.45) is 11.8 Å². The van der Waals surface area contributed by atoms with Crippen LogP contribution >= 0.6 is 0 Å². The van der Waals surface area contributed by atoms with Crippen LogP contribution < -0.4 is 0 Å². The first-order valence-electron chi connectivity index (χ1n) is 6.58. The molecule has 0 saturated carbocycles.